The van der Waals surface area contributed by atoms with Gasteiger partial charge in [-0.2, -0.15) is 0 Å². The Labute approximate surface area is 177 Å². The van der Waals surface area contributed by atoms with Crippen molar-refractivity contribution in [3.63, 3.8) is 0 Å². The molecule has 3 fully saturated rings. The molecule has 0 spiro atoms. The molecule has 3 unspecified atom stereocenters. The minimum absolute atomic E-state index is 0.0976. The third-order valence-electron chi connectivity index (χ3n) is 6.16. The van der Waals surface area contributed by atoms with E-state index in [0.29, 0.717) is 19.1 Å². The standard InChI is InChI=1S/C22H32F2N4O2/c1-2-25-22(28-9-11-30-21(15-28)20-4-3-10-29-20)26-13-16-7-8-27(14-16)17-5-6-18(23)19(24)12-17/h5-6,12,16,20-21H,2-4,7-11,13-15H2,1H3,(H,25,26). The molecule has 1 N–H and O–H groups in total. The van der Waals surface area contributed by atoms with E-state index in [1.807, 2.05) is 0 Å². The molecule has 3 saturated heterocycles. The van der Waals surface area contributed by atoms with E-state index in [-0.39, 0.29) is 12.2 Å². The minimum Gasteiger partial charge on any atom is -0.375 e. The Balaban J connectivity index is 1.35. The molecule has 1 aromatic carbocycles. The van der Waals surface area contributed by atoms with Gasteiger partial charge in [-0.3, -0.25) is 4.99 Å². The average molecular weight is 423 g/mol. The monoisotopic (exact) mass is 422 g/mol. The summed E-state index contributed by atoms with van der Waals surface area (Å²) in [7, 11) is 0. The van der Waals surface area contributed by atoms with Crippen LogP contribution in [0.15, 0.2) is 23.2 Å². The summed E-state index contributed by atoms with van der Waals surface area (Å²) in [5, 5.41) is 3.42. The minimum atomic E-state index is -0.804. The molecule has 0 radical (unpaired) electrons. The molecule has 8 heteroatoms. The summed E-state index contributed by atoms with van der Waals surface area (Å²) in [5.74, 6) is -0.283. The van der Waals surface area contributed by atoms with Crippen LogP contribution in [0.2, 0.25) is 0 Å². The van der Waals surface area contributed by atoms with Crippen LogP contribution >= 0.6 is 0 Å². The molecule has 3 atom stereocenters. The lowest BCUT2D eigenvalue weighted by Crippen LogP contribution is -2.53. The number of hydrogen-bond acceptors (Lipinski definition) is 4. The molecule has 0 saturated carbocycles. The van der Waals surface area contributed by atoms with Crippen molar-refractivity contribution in [2.24, 2.45) is 10.9 Å². The molecule has 3 aliphatic heterocycles. The first-order valence-corrected chi connectivity index (χ1v) is 11.1. The number of nitrogens with zero attached hydrogens (tertiary/aromatic N) is 3. The van der Waals surface area contributed by atoms with Gasteiger partial charge in [0.15, 0.2) is 17.6 Å². The maximum atomic E-state index is 13.6. The van der Waals surface area contributed by atoms with Crippen molar-refractivity contribution in [3.05, 3.63) is 29.8 Å². The van der Waals surface area contributed by atoms with Crippen molar-refractivity contribution in [2.45, 2.75) is 38.4 Å². The molecule has 1 aromatic rings. The van der Waals surface area contributed by atoms with Gasteiger partial charge in [-0.25, -0.2) is 8.78 Å². The van der Waals surface area contributed by atoms with Crippen LogP contribution in [-0.2, 0) is 9.47 Å². The molecule has 0 bridgehead atoms. The molecule has 0 aliphatic carbocycles. The van der Waals surface area contributed by atoms with Crippen LogP contribution in [0, 0.1) is 17.6 Å². The highest BCUT2D eigenvalue weighted by Gasteiger charge is 2.32. The van der Waals surface area contributed by atoms with Crippen LogP contribution < -0.4 is 10.2 Å². The van der Waals surface area contributed by atoms with Crippen LogP contribution in [0.25, 0.3) is 0 Å². The van der Waals surface area contributed by atoms with E-state index >= 15 is 0 Å². The quantitative estimate of drug-likeness (QED) is 0.584. The third kappa shape index (κ3) is 5.03. The highest BCUT2D eigenvalue weighted by atomic mass is 19.2. The van der Waals surface area contributed by atoms with Gasteiger partial charge in [0.1, 0.15) is 6.10 Å². The number of rotatable bonds is 5. The second kappa shape index (κ2) is 9.92. The second-order valence-corrected chi connectivity index (χ2v) is 8.30. The molecule has 6 nitrogen and oxygen atoms in total. The summed E-state index contributed by atoms with van der Waals surface area (Å²) in [6.45, 7) is 8.36. The topological polar surface area (TPSA) is 49.3 Å². The molecular formula is C22H32F2N4O2. The molecule has 30 heavy (non-hydrogen) atoms. The first kappa shape index (κ1) is 21.3. The van der Waals surface area contributed by atoms with E-state index in [0.717, 1.165) is 70.2 Å². The Morgan fingerprint density at radius 3 is 2.73 bits per heavy atom. The van der Waals surface area contributed by atoms with E-state index < -0.39 is 11.6 Å². The van der Waals surface area contributed by atoms with Crippen molar-refractivity contribution in [2.75, 3.05) is 57.4 Å². The number of ether oxygens (including phenoxy) is 2. The SMILES string of the molecule is CCNC(=NCC1CCN(c2ccc(F)c(F)c2)C1)N1CCOC(C2CCCO2)C1. The predicted molar refractivity (Wildman–Crippen MR) is 113 cm³/mol. The second-order valence-electron chi connectivity index (χ2n) is 8.30. The highest BCUT2D eigenvalue weighted by Crippen LogP contribution is 2.26. The van der Waals surface area contributed by atoms with Crippen molar-refractivity contribution in [1.82, 2.24) is 10.2 Å². The van der Waals surface area contributed by atoms with E-state index in [1.165, 1.54) is 12.1 Å². The molecule has 166 valence electrons. The van der Waals surface area contributed by atoms with Crippen LogP contribution in [0.1, 0.15) is 26.2 Å². The fraction of sp³-hybridized carbons (Fsp3) is 0.682. The first-order chi connectivity index (χ1) is 14.6. The molecule has 3 heterocycles. The molecule has 0 aromatic heterocycles. The number of anilines is 1. The third-order valence-corrected chi connectivity index (χ3v) is 6.16. The van der Waals surface area contributed by atoms with Gasteiger partial charge < -0.3 is 24.6 Å². The maximum absolute atomic E-state index is 13.6. The van der Waals surface area contributed by atoms with Crippen molar-refractivity contribution < 1.29 is 18.3 Å². The summed E-state index contributed by atoms with van der Waals surface area (Å²) < 4.78 is 38.6. The van der Waals surface area contributed by atoms with Crippen molar-refractivity contribution in [3.8, 4) is 0 Å². The van der Waals surface area contributed by atoms with E-state index in [9.17, 15) is 8.78 Å². The average Bonchev–Trinajstić information content (AvgIpc) is 3.46. The fourth-order valence-corrected chi connectivity index (χ4v) is 4.53. The molecular weight excluding hydrogens is 390 g/mol. The van der Waals surface area contributed by atoms with Gasteiger partial charge in [-0.1, -0.05) is 0 Å². The lowest BCUT2D eigenvalue weighted by atomic mass is 10.1. The fourth-order valence-electron chi connectivity index (χ4n) is 4.53. The predicted octanol–water partition coefficient (Wildman–Crippen LogP) is 2.64. The largest absolute Gasteiger partial charge is 0.375 e. The molecule has 4 rings (SSSR count). The zero-order valence-corrected chi connectivity index (χ0v) is 17.7. The van der Waals surface area contributed by atoms with Gasteiger partial charge >= 0.3 is 0 Å². The van der Waals surface area contributed by atoms with Gasteiger partial charge in [0.05, 0.1) is 12.7 Å². The number of nitrogens with one attached hydrogen (secondary N) is 1. The van der Waals surface area contributed by atoms with Crippen molar-refractivity contribution >= 4 is 11.6 Å². The normalized spacial score (nSPS) is 27.7. The van der Waals surface area contributed by atoms with Crippen LogP contribution in [0.3, 0.4) is 0 Å². The number of hydrogen-bond donors (Lipinski definition) is 1. The smallest absolute Gasteiger partial charge is 0.194 e. The lowest BCUT2D eigenvalue weighted by molar-refractivity contribution is -0.0817. The Morgan fingerprint density at radius 2 is 1.97 bits per heavy atom. The van der Waals surface area contributed by atoms with E-state index in [1.54, 1.807) is 6.07 Å². The number of guanidine groups is 1. The summed E-state index contributed by atoms with van der Waals surface area (Å²) in [4.78, 5) is 9.30. The van der Waals surface area contributed by atoms with Gasteiger partial charge in [0.2, 0.25) is 0 Å². The highest BCUT2D eigenvalue weighted by molar-refractivity contribution is 5.80. The number of morpholine rings is 1. The van der Waals surface area contributed by atoms with Crippen LogP contribution in [0.5, 0.6) is 0 Å². The van der Waals surface area contributed by atoms with E-state index in [4.69, 9.17) is 14.5 Å². The van der Waals surface area contributed by atoms with Crippen LogP contribution in [-0.4, -0.2) is 75.5 Å². The summed E-state index contributed by atoms with van der Waals surface area (Å²) in [6, 6.07) is 4.12. The zero-order valence-electron chi connectivity index (χ0n) is 17.7. The van der Waals surface area contributed by atoms with Gasteiger partial charge in [-0.05, 0) is 44.2 Å². The Morgan fingerprint density at radius 1 is 1.10 bits per heavy atom. The van der Waals surface area contributed by atoms with E-state index in [2.05, 4.69) is 22.0 Å². The van der Waals surface area contributed by atoms with Gasteiger partial charge in [-0.15, -0.1) is 0 Å². The first-order valence-electron chi connectivity index (χ1n) is 11.1. The summed E-state index contributed by atoms with van der Waals surface area (Å²) in [6.07, 6.45) is 3.45. The maximum Gasteiger partial charge on any atom is 0.194 e. The summed E-state index contributed by atoms with van der Waals surface area (Å²) in [5.41, 5.74) is 0.736. The molecule has 0 amide bonds. The number of benzene rings is 1. The number of aliphatic imine (C=N–C) groups is 1. The van der Waals surface area contributed by atoms with Gasteiger partial charge in [0, 0.05) is 57.6 Å². The summed E-state index contributed by atoms with van der Waals surface area (Å²) >= 11 is 0. The Kier molecular flexibility index (Phi) is 7.04. The van der Waals surface area contributed by atoms with Crippen LogP contribution in [0.4, 0.5) is 14.5 Å². The Hall–Kier alpha value is -1.93. The van der Waals surface area contributed by atoms with Gasteiger partial charge in [0.25, 0.3) is 0 Å². The zero-order chi connectivity index (χ0) is 20.9. The molecule has 3 aliphatic rings. The number of halogens is 2. The Bertz CT molecular complexity index is 742. The lowest BCUT2D eigenvalue weighted by Gasteiger charge is -2.37. The van der Waals surface area contributed by atoms with Crippen molar-refractivity contribution in [1.29, 1.82) is 0 Å².